The van der Waals surface area contributed by atoms with Crippen molar-refractivity contribution in [3.63, 3.8) is 0 Å². The number of hydrogen-bond donors (Lipinski definition) is 0. The molecule has 0 spiro atoms. The van der Waals surface area contributed by atoms with Crippen LogP contribution >= 0.6 is 0 Å². The van der Waals surface area contributed by atoms with Crippen molar-refractivity contribution in [1.82, 2.24) is 4.90 Å². The summed E-state index contributed by atoms with van der Waals surface area (Å²) in [6.45, 7) is 3.34. The third kappa shape index (κ3) is 5.70. The maximum atomic E-state index is 12.3. The lowest BCUT2D eigenvalue weighted by molar-refractivity contribution is -0.148. The Morgan fingerprint density at radius 2 is 1.87 bits per heavy atom. The lowest BCUT2D eigenvalue weighted by Crippen LogP contribution is -2.30. The lowest BCUT2D eigenvalue weighted by Gasteiger charge is -2.16. The topological polar surface area (TPSA) is 46.6 Å². The first-order chi connectivity index (χ1) is 11.2. The Bertz CT molecular complexity index is 501. The highest BCUT2D eigenvalue weighted by molar-refractivity contribution is 5.94. The Balaban J connectivity index is 1.69. The molecule has 0 radical (unpaired) electrons. The van der Waals surface area contributed by atoms with E-state index in [4.69, 9.17) is 4.74 Å². The van der Waals surface area contributed by atoms with Crippen LogP contribution in [0.5, 0.6) is 0 Å². The van der Waals surface area contributed by atoms with E-state index in [0.29, 0.717) is 25.1 Å². The molecule has 1 fully saturated rings. The maximum absolute atomic E-state index is 12.3. The molecule has 0 aromatic heterocycles. The van der Waals surface area contributed by atoms with Gasteiger partial charge in [0.25, 0.3) is 5.91 Å². The van der Waals surface area contributed by atoms with Crippen LogP contribution in [0.3, 0.4) is 0 Å². The van der Waals surface area contributed by atoms with Crippen LogP contribution in [0, 0.1) is 0 Å². The third-order valence-electron chi connectivity index (χ3n) is 4.24. The second kappa shape index (κ2) is 9.33. The summed E-state index contributed by atoms with van der Waals surface area (Å²) in [7, 11) is 0. The van der Waals surface area contributed by atoms with E-state index < -0.39 is 0 Å². The van der Waals surface area contributed by atoms with Crippen molar-refractivity contribution >= 4 is 11.9 Å². The zero-order valence-electron chi connectivity index (χ0n) is 14.0. The number of likely N-dealkylation sites (tertiary alicyclic amines) is 1. The first-order valence-electron chi connectivity index (χ1n) is 8.74. The van der Waals surface area contributed by atoms with Crippen molar-refractivity contribution in [2.24, 2.45) is 0 Å². The van der Waals surface area contributed by atoms with Gasteiger partial charge in [0, 0.05) is 24.9 Å². The van der Waals surface area contributed by atoms with Crippen LogP contribution in [0.4, 0.5) is 0 Å². The van der Waals surface area contributed by atoms with E-state index in [1.54, 1.807) is 4.90 Å². The van der Waals surface area contributed by atoms with Gasteiger partial charge in [0.05, 0.1) is 6.54 Å². The average molecular weight is 317 g/mol. The van der Waals surface area contributed by atoms with E-state index in [1.165, 1.54) is 19.3 Å². The molecule has 1 atom stereocenters. The van der Waals surface area contributed by atoms with E-state index in [1.807, 2.05) is 30.3 Å². The van der Waals surface area contributed by atoms with Crippen LogP contribution in [0.1, 0.15) is 62.2 Å². The summed E-state index contributed by atoms with van der Waals surface area (Å²) in [5.74, 6) is -0.107. The van der Waals surface area contributed by atoms with Crippen LogP contribution in [-0.4, -0.2) is 36.0 Å². The first kappa shape index (κ1) is 17.5. The van der Waals surface area contributed by atoms with Gasteiger partial charge in [-0.2, -0.15) is 0 Å². The standard InChI is InChI=1S/C19H27NO3/c1-2-3-4-5-9-12-18(21)23-17-13-14-20(15-17)19(22)16-10-7-6-8-11-16/h6-8,10-11,17H,2-5,9,12-15H2,1H3/t17-/m0/s1. The Labute approximate surface area is 138 Å². The fourth-order valence-corrected chi connectivity index (χ4v) is 2.89. The molecule has 1 aromatic carbocycles. The number of hydrogen-bond acceptors (Lipinski definition) is 3. The highest BCUT2D eigenvalue weighted by Gasteiger charge is 2.29. The largest absolute Gasteiger partial charge is 0.460 e. The van der Waals surface area contributed by atoms with Crippen LogP contribution in [0.15, 0.2) is 30.3 Å². The quantitative estimate of drug-likeness (QED) is 0.541. The summed E-state index contributed by atoms with van der Waals surface area (Å²) < 4.78 is 5.50. The van der Waals surface area contributed by atoms with Crippen molar-refractivity contribution in [2.75, 3.05) is 13.1 Å². The summed E-state index contributed by atoms with van der Waals surface area (Å²) in [5, 5.41) is 0. The maximum Gasteiger partial charge on any atom is 0.306 e. The van der Waals surface area contributed by atoms with E-state index in [0.717, 1.165) is 19.3 Å². The van der Waals surface area contributed by atoms with Gasteiger partial charge in [-0.25, -0.2) is 0 Å². The fraction of sp³-hybridized carbons (Fsp3) is 0.579. The minimum Gasteiger partial charge on any atom is -0.460 e. The van der Waals surface area contributed by atoms with Gasteiger partial charge in [-0.3, -0.25) is 9.59 Å². The molecule has 0 unspecified atom stereocenters. The average Bonchev–Trinajstić information content (AvgIpc) is 3.03. The highest BCUT2D eigenvalue weighted by atomic mass is 16.5. The molecule has 23 heavy (non-hydrogen) atoms. The van der Waals surface area contributed by atoms with E-state index in [9.17, 15) is 9.59 Å². The van der Waals surface area contributed by atoms with Crippen molar-refractivity contribution in [1.29, 1.82) is 0 Å². The first-order valence-corrected chi connectivity index (χ1v) is 8.74. The summed E-state index contributed by atoms with van der Waals surface area (Å²) in [5.41, 5.74) is 0.690. The molecular weight excluding hydrogens is 290 g/mol. The van der Waals surface area contributed by atoms with E-state index in [-0.39, 0.29) is 18.0 Å². The predicted octanol–water partition coefficient (Wildman–Crippen LogP) is 3.80. The molecule has 1 saturated heterocycles. The molecule has 4 heteroatoms. The number of carbonyl (C=O) groups excluding carboxylic acids is 2. The summed E-state index contributed by atoms with van der Waals surface area (Å²) in [4.78, 5) is 26.0. The highest BCUT2D eigenvalue weighted by Crippen LogP contribution is 2.17. The number of nitrogens with zero attached hydrogens (tertiary/aromatic N) is 1. The fourth-order valence-electron chi connectivity index (χ4n) is 2.89. The normalized spacial score (nSPS) is 17.3. The Morgan fingerprint density at radius 1 is 1.13 bits per heavy atom. The monoisotopic (exact) mass is 317 g/mol. The molecule has 0 N–H and O–H groups in total. The second-order valence-corrected chi connectivity index (χ2v) is 6.18. The Morgan fingerprint density at radius 3 is 2.61 bits per heavy atom. The van der Waals surface area contributed by atoms with Gasteiger partial charge in [0.1, 0.15) is 6.10 Å². The predicted molar refractivity (Wildman–Crippen MR) is 90.2 cm³/mol. The minimum atomic E-state index is -0.147. The number of amides is 1. The molecule has 0 aliphatic carbocycles. The van der Waals surface area contributed by atoms with Gasteiger partial charge in [0.2, 0.25) is 0 Å². The van der Waals surface area contributed by atoms with Crippen LogP contribution < -0.4 is 0 Å². The number of benzene rings is 1. The molecule has 1 aliphatic heterocycles. The number of rotatable bonds is 8. The molecule has 1 aliphatic rings. The van der Waals surface area contributed by atoms with E-state index in [2.05, 4.69) is 6.92 Å². The number of esters is 1. The van der Waals surface area contributed by atoms with Crippen molar-refractivity contribution in [2.45, 2.75) is 58.0 Å². The third-order valence-corrected chi connectivity index (χ3v) is 4.24. The van der Waals surface area contributed by atoms with Gasteiger partial charge in [-0.1, -0.05) is 50.8 Å². The summed E-state index contributed by atoms with van der Waals surface area (Å²) in [6, 6.07) is 9.25. The second-order valence-electron chi connectivity index (χ2n) is 6.18. The molecule has 1 aromatic rings. The molecule has 4 nitrogen and oxygen atoms in total. The summed E-state index contributed by atoms with van der Waals surface area (Å²) in [6.07, 6.45) is 6.70. The van der Waals surface area contributed by atoms with Crippen molar-refractivity contribution < 1.29 is 14.3 Å². The summed E-state index contributed by atoms with van der Waals surface area (Å²) >= 11 is 0. The smallest absolute Gasteiger partial charge is 0.306 e. The zero-order chi connectivity index (χ0) is 16.5. The molecule has 0 bridgehead atoms. The van der Waals surface area contributed by atoms with Crippen LogP contribution in [-0.2, 0) is 9.53 Å². The lowest BCUT2D eigenvalue weighted by atomic mass is 10.1. The number of ether oxygens (including phenoxy) is 1. The van der Waals surface area contributed by atoms with Crippen molar-refractivity contribution in [3.8, 4) is 0 Å². The van der Waals surface area contributed by atoms with Gasteiger partial charge >= 0.3 is 5.97 Å². The van der Waals surface area contributed by atoms with Gasteiger partial charge in [-0.15, -0.1) is 0 Å². The molecule has 126 valence electrons. The Kier molecular flexibility index (Phi) is 7.11. The SMILES string of the molecule is CCCCCCCC(=O)O[C@H]1CCN(C(=O)c2ccccc2)C1. The molecule has 2 rings (SSSR count). The molecular formula is C19H27NO3. The van der Waals surface area contributed by atoms with Crippen LogP contribution in [0.2, 0.25) is 0 Å². The number of unbranched alkanes of at least 4 members (excludes halogenated alkanes) is 4. The molecule has 1 amide bonds. The number of carbonyl (C=O) groups is 2. The molecule has 1 heterocycles. The van der Waals surface area contributed by atoms with Crippen LogP contribution in [0.25, 0.3) is 0 Å². The van der Waals surface area contributed by atoms with Gasteiger partial charge in [-0.05, 0) is 18.6 Å². The van der Waals surface area contributed by atoms with E-state index >= 15 is 0 Å². The molecule has 0 saturated carbocycles. The van der Waals surface area contributed by atoms with Gasteiger partial charge < -0.3 is 9.64 Å². The Hall–Kier alpha value is -1.84. The van der Waals surface area contributed by atoms with Crippen molar-refractivity contribution in [3.05, 3.63) is 35.9 Å². The minimum absolute atomic E-state index is 0.0173. The van der Waals surface area contributed by atoms with Gasteiger partial charge in [0.15, 0.2) is 0 Å². The zero-order valence-corrected chi connectivity index (χ0v) is 14.0.